The average molecular weight is 659 g/mol. The summed E-state index contributed by atoms with van der Waals surface area (Å²) in [7, 11) is 0. The van der Waals surface area contributed by atoms with Crippen molar-refractivity contribution in [2.45, 2.75) is 50.3 Å². The molecule has 0 fully saturated rings. The molecule has 0 radical (unpaired) electrons. The quantitative estimate of drug-likeness (QED) is 0.179. The van der Waals surface area contributed by atoms with Crippen molar-refractivity contribution in [1.82, 2.24) is 20.6 Å². The summed E-state index contributed by atoms with van der Waals surface area (Å²) in [5, 5.41) is 37.4. The lowest BCUT2D eigenvalue weighted by atomic mass is 9.96. The average Bonchev–Trinajstić information content (AvgIpc) is 3.66. The summed E-state index contributed by atoms with van der Waals surface area (Å²) >= 11 is 0. The summed E-state index contributed by atoms with van der Waals surface area (Å²) in [6.07, 6.45) is -10.4. The molecule has 18 heteroatoms. The topological polar surface area (TPSA) is 181 Å². The van der Waals surface area contributed by atoms with E-state index in [0.717, 1.165) is 0 Å². The molecule has 2 aromatic carbocycles. The second-order valence-electron chi connectivity index (χ2n) is 9.94. The Kier molecular flexibility index (Phi) is 10.0. The first-order valence-electron chi connectivity index (χ1n) is 13.3. The van der Waals surface area contributed by atoms with Crippen LogP contribution in [-0.4, -0.2) is 67.4 Å². The summed E-state index contributed by atoms with van der Waals surface area (Å²) in [5.74, 6) is -4.52. The van der Waals surface area contributed by atoms with Crippen LogP contribution in [0.15, 0.2) is 57.6 Å². The third-order valence-electron chi connectivity index (χ3n) is 6.57. The van der Waals surface area contributed by atoms with Crippen molar-refractivity contribution < 1.29 is 65.0 Å². The molecule has 0 spiro atoms. The van der Waals surface area contributed by atoms with Crippen LogP contribution in [0.3, 0.4) is 0 Å². The van der Waals surface area contributed by atoms with E-state index < -0.39 is 59.3 Å². The third kappa shape index (κ3) is 7.99. The molecule has 0 aliphatic carbocycles. The standard InChI is InChI=1S/C26H23F3N4O6.C2HF3O2/c1-13(7-10-19(34)35)30-17-12-37-18-11-15(8-9-16(18)22(17)36)24-31-25(39-33-24)23-20(26(27,28)29)21(32-38-23)14-5-3-2-4-6-14;3-2(4,5)1(6)7/h2-6,8-9,11,13,17,22,30,36H,7,10,12H2,1H3,(H,34,35);(H,6,7)/t13?,17-,22+;/m1./s1. The number of nitrogens with zero attached hydrogens (tertiary/aromatic N) is 3. The lowest BCUT2D eigenvalue weighted by Crippen LogP contribution is -2.46. The minimum absolute atomic E-state index is 0.00340. The van der Waals surface area contributed by atoms with Crippen LogP contribution >= 0.6 is 0 Å². The molecule has 1 aliphatic rings. The number of hydrogen-bond acceptors (Lipinski definition) is 10. The second-order valence-corrected chi connectivity index (χ2v) is 9.94. The molecule has 4 N–H and O–H groups in total. The van der Waals surface area contributed by atoms with Crippen molar-refractivity contribution in [2.24, 2.45) is 0 Å². The Balaban J connectivity index is 0.000000617. The molecule has 3 heterocycles. The fraction of sp³-hybridized carbons (Fsp3) is 0.321. The van der Waals surface area contributed by atoms with Gasteiger partial charge in [0.2, 0.25) is 11.6 Å². The van der Waals surface area contributed by atoms with E-state index in [1.54, 1.807) is 36.4 Å². The molecule has 3 atom stereocenters. The maximum absolute atomic E-state index is 14.0. The highest BCUT2D eigenvalue weighted by Gasteiger charge is 2.43. The summed E-state index contributed by atoms with van der Waals surface area (Å²) in [4.78, 5) is 23.8. The molecule has 0 amide bonds. The molecule has 46 heavy (non-hydrogen) atoms. The minimum Gasteiger partial charge on any atom is -0.491 e. The Morgan fingerprint density at radius 3 is 2.28 bits per heavy atom. The lowest BCUT2D eigenvalue weighted by Gasteiger charge is -2.33. The van der Waals surface area contributed by atoms with E-state index in [1.165, 1.54) is 12.1 Å². The fourth-order valence-corrected chi connectivity index (χ4v) is 4.38. The molecule has 4 aromatic rings. The van der Waals surface area contributed by atoms with Crippen molar-refractivity contribution in [3.8, 4) is 40.0 Å². The summed E-state index contributed by atoms with van der Waals surface area (Å²) in [5.41, 5.74) is -0.437. The number of carbonyl (C=O) groups is 2. The molecule has 0 saturated heterocycles. The zero-order valence-electron chi connectivity index (χ0n) is 23.5. The molecular weight excluding hydrogens is 634 g/mol. The molecule has 2 aromatic heterocycles. The molecule has 1 unspecified atom stereocenters. The summed E-state index contributed by atoms with van der Waals surface area (Å²) in [6.45, 7) is 1.94. The number of aliphatic hydroxyl groups is 1. The number of ether oxygens (including phenoxy) is 1. The Hall–Kier alpha value is -4.97. The summed E-state index contributed by atoms with van der Waals surface area (Å²) in [6, 6.07) is 11.9. The van der Waals surface area contributed by atoms with E-state index in [9.17, 15) is 36.2 Å². The number of nitrogens with one attached hydrogen (secondary N) is 1. The van der Waals surface area contributed by atoms with Crippen molar-refractivity contribution in [2.75, 3.05) is 6.61 Å². The van der Waals surface area contributed by atoms with E-state index in [0.29, 0.717) is 23.3 Å². The number of rotatable bonds is 8. The zero-order valence-corrected chi connectivity index (χ0v) is 23.5. The Bertz CT molecular complexity index is 1670. The lowest BCUT2D eigenvalue weighted by molar-refractivity contribution is -0.192. The van der Waals surface area contributed by atoms with E-state index in [-0.39, 0.29) is 30.5 Å². The molecule has 1 aliphatic heterocycles. The van der Waals surface area contributed by atoms with Crippen LogP contribution < -0.4 is 10.1 Å². The van der Waals surface area contributed by atoms with E-state index in [2.05, 4.69) is 20.6 Å². The molecule has 0 bridgehead atoms. The number of aliphatic carboxylic acids is 2. The first-order chi connectivity index (χ1) is 21.6. The maximum Gasteiger partial charge on any atom is 0.490 e. The Morgan fingerprint density at radius 1 is 1.00 bits per heavy atom. The highest BCUT2D eigenvalue weighted by molar-refractivity contribution is 5.73. The minimum atomic E-state index is -5.08. The summed E-state index contributed by atoms with van der Waals surface area (Å²) < 4.78 is 89.7. The van der Waals surface area contributed by atoms with E-state index in [4.69, 9.17) is 28.8 Å². The number of aliphatic hydroxyl groups excluding tert-OH is 1. The van der Waals surface area contributed by atoms with Crippen LogP contribution in [0.2, 0.25) is 0 Å². The van der Waals surface area contributed by atoms with E-state index in [1.807, 2.05) is 6.92 Å². The smallest absolute Gasteiger partial charge is 0.490 e. The van der Waals surface area contributed by atoms with Gasteiger partial charge in [-0.1, -0.05) is 52.8 Å². The monoisotopic (exact) mass is 658 g/mol. The maximum atomic E-state index is 14.0. The van der Waals surface area contributed by atoms with Gasteiger partial charge in [0.25, 0.3) is 5.89 Å². The van der Waals surface area contributed by atoms with Crippen LogP contribution in [0.4, 0.5) is 26.3 Å². The van der Waals surface area contributed by atoms with Gasteiger partial charge in [-0.3, -0.25) is 4.79 Å². The molecule has 5 rings (SSSR count). The van der Waals surface area contributed by atoms with Gasteiger partial charge in [-0.2, -0.15) is 31.3 Å². The highest BCUT2D eigenvalue weighted by atomic mass is 19.4. The van der Waals surface area contributed by atoms with Gasteiger partial charge in [0.1, 0.15) is 29.7 Å². The van der Waals surface area contributed by atoms with Crippen molar-refractivity contribution in [3.63, 3.8) is 0 Å². The van der Waals surface area contributed by atoms with Crippen LogP contribution in [0, 0.1) is 0 Å². The van der Waals surface area contributed by atoms with Crippen LogP contribution in [0.25, 0.3) is 34.3 Å². The van der Waals surface area contributed by atoms with Crippen LogP contribution in [-0.2, 0) is 15.8 Å². The molecule has 246 valence electrons. The largest absolute Gasteiger partial charge is 0.491 e. The number of carboxylic acids is 2. The second kappa shape index (κ2) is 13.6. The van der Waals surface area contributed by atoms with Gasteiger partial charge in [0.15, 0.2) is 0 Å². The number of benzene rings is 2. The van der Waals surface area contributed by atoms with Crippen molar-refractivity contribution in [3.05, 3.63) is 59.7 Å². The first-order valence-corrected chi connectivity index (χ1v) is 13.3. The highest BCUT2D eigenvalue weighted by Crippen LogP contribution is 2.43. The number of halogens is 6. The van der Waals surface area contributed by atoms with Gasteiger partial charge in [-0.05, 0) is 19.4 Å². The third-order valence-corrected chi connectivity index (χ3v) is 6.57. The normalized spacial score (nSPS) is 16.9. The number of alkyl halides is 6. The predicted molar refractivity (Wildman–Crippen MR) is 143 cm³/mol. The van der Waals surface area contributed by atoms with Crippen molar-refractivity contribution >= 4 is 11.9 Å². The van der Waals surface area contributed by atoms with Gasteiger partial charge in [-0.15, -0.1) is 0 Å². The van der Waals surface area contributed by atoms with Gasteiger partial charge >= 0.3 is 24.3 Å². The number of hydrogen-bond donors (Lipinski definition) is 4. The predicted octanol–water partition coefficient (Wildman–Crippen LogP) is 5.35. The van der Waals surface area contributed by atoms with Gasteiger partial charge < -0.3 is 34.4 Å². The van der Waals surface area contributed by atoms with Gasteiger partial charge in [-0.25, -0.2) is 4.79 Å². The zero-order chi connectivity index (χ0) is 33.8. The van der Waals surface area contributed by atoms with E-state index >= 15 is 0 Å². The Morgan fingerprint density at radius 2 is 1.67 bits per heavy atom. The van der Waals surface area contributed by atoms with Crippen LogP contribution in [0.1, 0.15) is 37.0 Å². The van der Waals surface area contributed by atoms with Crippen molar-refractivity contribution in [1.29, 1.82) is 0 Å². The SMILES string of the molecule is CC(CCC(=O)O)N[C@@H]1COc2cc(-c3noc(-c4onc(-c5ccccc5)c4C(F)(F)F)n3)ccc2[C@@H]1O.O=C(O)C(F)(F)F. The van der Waals surface area contributed by atoms with Gasteiger partial charge in [0.05, 0.1) is 6.04 Å². The Labute approximate surface area is 254 Å². The number of fused-ring (bicyclic) bond motifs is 1. The van der Waals surface area contributed by atoms with Gasteiger partial charge in [0, 0.05) is 29.2 Å². The molecular formula is C28H24F6N4O8. The first kappa shape index (κ1) is 33.9. The fourth-order valence-electron chi connectivity index (χ4n) is 4.38. The number of carboxylic acid groups (broad SMARTS) is 2. The number of aromatic nitrogens is 3. The molecule has 0 saturated carbocycles. The van der Waals surface area contributed by atoms with Crippen LogP contribution in [0.5, 0.6) is 5.75 Å². The molecule has 12 nitrogen and oxygen atoms in total.